The highest BCUT2D eigenvalue weighted by Crippen LogP contribution is 2.13. The van der Waals surface area contributed by atoms with Crippen molar-refractivity contribution >= 4 is 5.97 Å². The van der Waals surface area contributed by atoms with Crippen LogP contribution < -0.4 is 5.32 Å². The van der Waals surface area contributed by atoms with Gasteiger partial charge in [0.1, 0.15) is 5.60 Å². The molecule has 0 saturated carbocycles. The van der Waals surface area contributed by atoms with Crippen LogP contribution in [0, 0.1) is 0 Å². The lowest BCUT2D eigenvalue weighted by Crippen LogP contribution is -2.24. The summed E-state index contributed by atoms with van der Waals surface area (Å²) < 4.78 is 5.30. The van der Waals surface area contributed by atoms with E-state index in [1.165, 1.54) is 0 Å². The number of nitrogens with one attached hydrogen (secondary N) is 1. The van der Waals surface area contributed by atoms with Crippen LogP contribution in [0.25, 0.3) is 0 Å². The molecule has 1 aromatic rings. The molecule has 3 heteroatoms. The Morgan fingerprint density at radius 3 is 2.62 bits per heavy atom. The molecule has 1 N–H and O–H groups in total. The topological polar surface area (TPSA) is 38.3 Å². The number of benzene rings is 1. The SMILES string of the molecule is CNCc1cccc(C(=O)OC(C)(C)C)c1. The first kappa shape index (κ1) is 12.7. The van der Waals surface area contributed by atoms with Crippen LogP contribution in [0.2, 0.25) is 0 Å². The molecule has 0 radical (unpaired) electrons. The second kappa shape index (κ2) is 5.12. The van der Waals surface area contributed by atoms with E-state index < -0.39 is 5.60 Å². The first-order valence-corrected chi connectivity index (χ1v) is 5.39. The second-order valence-electron chi connectivity index (χ2n) is 4.73. The first-order valence-electron chi connectivity index (χ1n) is 5.39. The molecule has 0 aliphatic carbocycles. The summed E-state index contributed by atoms with van der Waals surface area (Å²) in [6, 6.07) is 7.47. The number of carbonyl (C=O) groups is 1. The van der Waals surface area contributed by atoms with Gasteiger partial charge < -0.3 is 10.1 Å². The van der Waals surface area contributed by atoms with Crippen LogP contribution in [0.5, 0.6) is 0 Å². The quantitative estimate of drug-likeness (QED) is 0.796. The van der Waals surface area contributed by atoms with Crippen LogP contribution in [-0.2, 0) is 11.3 Å². The third-order valence-corrected chi connectivity index (χ3v) is 1.94. The van der Waals surface area contributed by atoms with Crippen molar-refractivity contribution in [3.63, 3.8) is 0 Å². The normalized spacial score (nSPS) is 11.2. The minimum atomic E-state index is -0.448. The molecule has 0 heterocycles. The van der Waals surface area contributed by atoms with E-state index in [9.17, 15) is 4.79 Å². The lowest BCUT2D eigenvalue weighted by molar-refractivity contribution is 0.00694. The van der Waals surface area contributed by atoms with Gasteiger partial charge in [0, 0.05) is 6.54 Å². The summed E-state index contributed by atoms with van der Waals surface area (Å²) in [5.41, 5.74) is 1.23. The summed E-state index contributed by atoms with van der Waals surface area (Å²) in [5.74, 6) is -0.273. The van der Waals surface area contributed by atoms with E-state index in [2.05, 4.69) is 5.32 Å². The highest BCUT2D eigenvalue weighted by Gasteiger charge is 2.17. The zero-order valence-corrected chi connectivity index (χ0v) is 10.3. The molecule has 1 rings (SSSR count). The Labute approximate surface area is 96.8 Å². The van der Waals surface area contributed by atoms with Gasteiger partial charge in [-0.1, -0.05) is 12.1 Å². The van der Waals surface area contributed by atoms with E-state index in [1.54, 1.807) is 6.07 Å². The number of hydrogen-bond donors (Lipinski definition) is 1. The van der Waals surface area contributed by atoms with Crippen molar-refractivity contribution in [2.24, 2.45) is 0 Å². The smallest absolute Gasteiger partial charge is 0.338 e. The molecular formula is C13H19NO2. The molecule has 0 atom stereocenters. The van der Waals surface area contributed by atoms with E-state index in [4.69, 9.17) is 4.74 Å². The molecule has 0 aromatic heterocycles. The fraction of sp³-hybridized carbons (Fsp3) is 0.462. The van der Waals surface area contributed by atoms with Crippen molar-refractivity contribution in [3.05, 3.63) is 35.4 Å². The zero-order valence-electron chi connectivity index (χ0n) is 10.3. The number of rotatable bonds is 3. The van der Waals surface area contributed by atoms with Crippen LogP contribution in [0.1, 0.15) is 36.7 Å². The van der Waals surface area contributed by atoms with Crippen molar-refractivity contribution < 1.29 is 9.53 Å². The Bertz CT molecular complexity index is 366. The molecule has 0 unspecified atom stereocenters. The average Bonchev–Trinajstić information content (AvgIpc) is 2.16. The molecule has 3 nitrogen and oxygen atoms in total. The standard InChI is InChI=1S/C13H19NO2/c1-13(2,3)16-12(15)11-7-5-6-10(8-11)9-14-4/h5-8,14H,9H2,1-4H3. The van der Waals surface area contributed by atoms with Gasteiger partial charge in [-0.2, -0.15) is 0 Å². The Morgan fingerprint density at radius 2 is 2.06 bits per heavy atom. The van der Waals surface area contributed by atoms with Gasteiger partial charge in [-0.3, -0.25) is 0 Å². The number of carbonyl (C=O) groups excluding carboxylic acids is 1. The highest BCUT2D eigenvalue weighted by molar-refractivity contribution is 5.89. The summed E-state index contributed by atoms with van der Waals surface area (Å²) in [5, 5.41) is 3.05. The molecule has 0 saturated heterocycles. The molecule has 1 aromatic carbocycles. The Hall–Kier alpha value is -1.35. The van der Waals surface area contributed by atoms with Gasteiger partial charge >= 0.3 is 5.97 Å². The lowest BCUT2D eigenvalue weighted by Gasteiger charge is -2.19. The molecule has 0 aliphatic heterocycles. The van der Waals surface area contributed by atoms with Crippen LogP contribution in [-0.4, -0.2) is 18.6 Å². The fourth-order valence-electron chi connectivity index (χ4n) is 1.35. The van der Waals surface area contributed by atoms with Crippen molar-refractivity contribution in [2.45, 2.75) is 32.9 Å². The predicted molar refractivity (Wildman–Crippen MR) is 64.4 cm³/mol. The minimum absolute atomic E-state index is 0.273. The molecule has 0 fully saturated rings. The molecule has 0 bridgehead atoms. The van der Waals surface area contributed by atoms with Crippen molar-refractivity contribution in [3.8, 4) is 0 Å². The van der Waals surface area contributed by atoms with E-state index in [1.807, 2.05) is 46.0 Å². The van der Waals surface area contributed by atoms with Gasteiger partial charge in [-0.05, 0) is 45.5 Å². The molecule has 88 valence electrons. The maximum atomic E-state index is 11.8. The Balaban J connectivity index is 2.79. The van der Waals surface area contributed by atoms with Crippen molar-refractivity contribution in [1.82, 2.24) is 5.32 Å². The summed E-state index contributed by atoms with van der Waals surface area (Å²) in [4.78, 5) is 11.8. The molecule has 0 aliphatic rings. The van der Waals surface area contributed by atoms with Crippen LogP contribution in [0.15, 0.2) is 24.3 Å². The Morgan fingerprint density at radius 1 is 1.38 bits per heavy atom. The Kier molecular flexibility index (Phi) is 4.07. The summed E-state index contributed by atoms with van der Waals surface area (Å²) in [7, 11) is 1.88. The third kappa shape index (κ3) is 4.03. The van der Waals surface area contributed by atoms with Gasteiger partial charge in [0.05, 0.1) is 5.56 Å². The maximum absolute atomic E-state index is 11.8. The maximum Gasteiger partial charge on any atom is 0.338 e. The molecular weight excluding hydrogens is 202 g/mol. The summed E-state index contributed by atoms with van der Waals surface area (Å²) in [6.45, 7) is 6.34. The van der Waals surface area contributed by atoms with Gasteiger partial charge in [-0.25, -0.2) is 4.79 Å². The molecule has 0 spiro atoms. The number of hydrogen-bond acceptors (Lipinski definition) is 3. The third-order valence-electron chi connectivity index (χ3n) is 1.94. The summed E-state index contributed by atoms with van der Waals surface area (Å²) >= 11 is 0. The number of ether oxygens (including phenoxy) is 1. The van der Waals surface area contributed by atoms with E-state index in [0.717, 1.165) is 12.1 Å². The average molecular weight is 221 g/mol. The monoisotopic (exact) mass is 221 g/mol. The van der Waals surface area contributed by atoms with E-state index in [0.29, 0.717) is 5.56 Å². The van der Waals surface area contributed by atoms with Crippen molar-refractivity contribution in [2.75, 3.05) is 7.05 Å². The predicted octanol–water partition coefficient (Wildman–Crippen LogP) is 2.36. The summed E-state index contributed by atoms with van der Waals surface area (Å²) in [6.07, 6.45) is 0. The van der Waals surface area contributed by atoms with Gasteiger partial charge in [0.2, 0.25) is 0 Å². The lowest BCUT2D eigenvalue weighted by atomic mass is 10.1. The van der Waals surface area contributed by atoms with E-state index in [-0.39, 0.29) is 5.97 Å². The van der Waals surface area contributed by atoms with E-state index >= 15 is 0 Å². The van der Waals surface area contributed by atoms with Crippen LogP contribution >= 0.6 is 0 Å². The molecule has 16 heavy (non-hydrogen) atoms. The second-order valence-corrected chi connectivity index (χ2v) is 4.73. The van der Waals surface area contributed by atoms with Gasteiger partial charge in [0.25, 0.3) is 0 Å². The van der Waals surface area contributed by atoms with Crippen molar-refractivity contribution in [1.29, 1.82) is 0 Å². The fourth-order valence-corrected chi connectivity index (χ4v) is 1.35. The van der Waals surface area contributed by atoms with Crippen LogP contribution in [0.4, 0.5) is 0 Å². The zero-order chi connectivity index (χ0) is 12.2. The van der Waals surface area contributed by atoms with Gasteiger partial charge in [-0.15, -0.1) is 0 Å². The van der Waals surface area contributed by atoms with Gasteiger partial charge in [0.15, 0.2) is 0 Å². The molecule has 0 amide bonds. The van der Waals surface area contributed by atoms with Crippen LogP contribution in [0.3, 0.4) is 0 Å². The first-order chi connectivity index (χ1) is 7.42. The highest BCUT2D eigenvalue weighted by atomic mass is 16.6. The number of esters is 1. The largest absolute Gasteiger partial charge is 0.456 e. The minimum Gasteiger partial charge on any atom is -0.456 e.